The van der Waals surface area contributed by atoms with Gasteiger partial charge in [-0.15, -0.1) is 5.37 Å². The lowest BCUT2D eigenvalue weighted by Gasteiger charge is -2.32. The highest BCUT2D eigenvalue weighted by atomic mass is 19.1. The zero-order valence-electron chi connectivity index (χ0n) is 13.1. The van der Waals surface area contributed by atoms with Crippen LogP contribution in [0.1, 0.15) is 33.3 Å². The lowest BCUT2D eigenvalue weighted by atomic mass is 9.72. The molecule has 0 unspecified atom stereocenters. The summed E-state index contributed by atoms with van der Waals surface area (Å²) < 4.78 is 26.2. The first-order valence-electron chi connectivity index (χ1n) is 6.93. The molecular weight excluding hydrogens is 252 g/mol. The van der Waals surface area contributed by atoms with Gasteiger partial charge < -0.3 is 9.31 Å². The van der Waals surface area contributed by atoms with E-state index in [2.05, 4.69) is 0 Å². The standard InChI is InChI=1S/C14H20B3FO2/c1-13(2)14(3,4)20-17(19-13)12-9(8-11(15)16)6-5-7-10(12)18/h5-8H,15-16H2,1-4H3. The second-order valence-electron chi connectivity index (χ2n) is 6.55. The molecule has 20 heavy (non-hydrogen) atoms. The first-order chi connectivity index (χ1) is 9.14. The van der Waals surface area contributed by atoms with Crippen molar-refractivity contribution in [3.8, 4) is 0 Å². The van der Waals surface area contributed by atoms with Gasteiger partial charge in [0.05, 0.1) is 11.2 Å². The Bertz CT molecular complexity index is 535. The van der Waals surface area contributed by atoms with E-state index in [9.17, 15) is 4.39 Å². The van der Waals surface area contributed by atoms with Crippen LogP contribution in [0.25, 0.3) is 6.08 Å². The van der Waals surface area contributed by atoms with E-state index >= 15 is 0 Å². The van der Waals surface area contributed by atoms with E-state index < -0.39 is 18.3 Å². The van der Waals surface area contributed by atoms with Crippen LogP contribution in [-0.4, -0.2) is 34.0 Å². The Kier molecular flexibility index (Phi) is 3.91. The van der Waals surface area contributed by atoms with E-state index in [-0.39, 0.29) is 5.82 Å². The highest BCUT2D eigenvalue weighted by molar-refractivity contribution is 6.63. The normalized spacial score (nSPS) is 19.9. The minimum atomic E-state index is -0.674. The van der Waals surface area contributed by atoms with Gasteiger partial charge in [0.15, 0.2) is 0 Å². The molecule has 1 aromatic carbocycles. The largest absolute Gasteiger partial charge is 0.498 e. The molecule has 0 saturated carbocycles. The summed E-state index contributed by atoms with van der Waals surface area (Å²) in [6.07, 6.45) is 1.95. The first kappa shape index (κ1) is 15.4. The Balaban J connectivity index is 2.47. The molecule has 1 heterocycles. The van der Waals surface area contributed by atoms with E-state index in [0.717, 1.165) is 10.9 Å². The van der Waals surface area contributed by atoms with Crippen LogP contribution >= 0.6 is 0 Å². The van der Waals surface area contributed by atoms with E-state index in [1.165, 1.54) is 6.07 Å². The maximum Gasteiger partial charge on any atom is 0.498 e. The summed E-state index contributed by atoms with van der Waals surface area (Å²) in [4.78, 5) is 0. The molecule has 0 aromatic heterocycles. The van der Waals surface area contributed by atoms with Crippen LogP contribution in [0.5, 0.6) is 0 Å². The van der Waals surface area contributed by atoms with Gasteiger partial charge in [0.2, 0.25) is 0 Å². The summed E-state index contributed by atoms with van der Waals surface area (Å²) in [5, 5.41) is 1.10. The smallest absolute Gasteiger partial charge is 0.399 e. The van der Waals surface area contributed by atoms with Crippen molar-refractivity contribution in [3.63, 3.8) is 0 Å². The predicted octanol–water partition coefficient (Wildman–Crippen LogP) is 0.689. The molecule has 6 heteroatoms. The van der Waals surface area contributed by atoms with Gasteiger partial charge in [-0.25, -0.2) is 4.39 Å². The van der Waals surface area contributed by atoms with E-state index in [0.29, 0.717) is 5.46 Å². The summed E-state index contributed by atoms with van der Waals surface area (Å²) in [6.45, 7) is 7.87. The van der Waals surface area contributed by atoms with Gasteiger partial charge in [0.1, 0.15) is 21.5 Å². The van der Waals surface area contributed by atoms with Gasteiger partial charge in [-0.2, -0.15) is 0 Å². The van der Waals surface area contributed by atoms with Crippen LogP contribution in [0.3, 0.4) is 0 Å². The van der Waals surface area contributed by atoms with Gasteiger partial charge >= 0.3 is 7.12 Å². The quantitative estimate of drug-likeness (QED) is 0.737. The van der Waals surface area contributed by atoms with Gasteiger partial charge in [0.25, 0.3) is 0 Å². The third-order valence-electron chi connectivity index (χ3n) is 4.02. The average Bonchev–Trinajstić information content (AvgIpc) is 2.46. The molecule has 0 bridgehead atoms. The Morgan fingerprint density at radius 1 is 1.15 bits per heavy atom. The Morgan fingerprint density at radius 2 is 1.70 bits per heavy atom. The lowest BCUT2D eigenvalue weighted by molar-refractivity contribution is 0.00578. The second-order valence-corrected chi connectivity index (χ2v) is 6.55. The topological polar surface area (TPSA) is 18.5 Å². The molecule has 0 amide bonds. The lowest BCUT2D eigenvalue weighted by Crippen LogP contribution is -2.41. The molecule has 1 aromatic rings. The van der Waals surface area contributed by atoms with Crippen LogP contribution < -0.4 is 5.46 Å². The molecule has 0 N–H and O–H groups in total. The van der Waals surface area contributed by atoms with Crippen molar-refractivity contribution < 1.29 is 13.7 Å². The van der Waals surface area contributed by atoms with Crippen LogP contribution in [0.2, 0.25) is 0 Å². The van der Waals surface area contributed by atoms with Crippen molar-refractivity contribution >= 4 is 34.3 Å². The number of hydrogen-bond donors (Lipinski definition) is 0. The van der Waals surface area contributed by atoms with Crippen molar-refractivity contribution in [2.24, 2.45) is 0 Å². The van der Waals surface area contributed by atoms with Crippen LogP contribution in [0, 0.1) is 5.82 Å². The monoisotopic (exact) mass is 272 g/mol. The zero-order chi connectivity index (χ0) is 15.1. The fraction of sp³-hybridized carbons (Fsp3) is 0.429. The maximum absolute atomic E-state index is 14.3. The number of rotatable bonds is 2. The Morgan fingerprint density at radius 3 is 2.20 bits per heavy atom. The average molecular weight is 272 g/mol. The van der Waals surface area contributed by atoms with Crippen molar-refractivity contribution in [1.29, 1.82) is 0 Å². The Hall–Kier alpha value is -0.995. The van der Waals surface area contributed by atoms with Gasteiger partial charge in [-0.05, 0) is 39.3 Å². The van der Waals surface area contributed by atoms with Crippen molar-refractivity contribution in [2.75, 3.05) is 0 Å². The summed E-state index contributed by atoms with van der Waals surface area (Å²) in [6, 6.07) is 5.04. The van der Waals surface area contributed by atoms with E-state index in [1.54, 1.807) is 6.07 Å². The van der Waals surface area contributed by atoms with Crippen molar-refractivity contribution in [1.82, 2.24) is 0 Å². The minimum absolute atomic E-state index is 0.293. The summed E-state index contributed by atoms with van der Waals surface area (Å²) in [7, 11) is 3.30. The third-order valence-corrected chi connectivity index (χ3v) is 4.02. The van der Waals surface area contributed by atoms with Crippen molar-refractivity contribution in [2.45, 2.75) is 38.9 Å². The number of halogens is 1. The van der Waals surface area contributed by atoms with Crippen LogP contribution in [-0.2, 0) is 9.31 Å². The molecule has 0 aliphatic carbocycles. The molecule has 1 aliphatic heterocycles. The van der Waals surface area contributed by atoms with Crippen molar-refractivity contribution in [3.05, 3.63) is 35.0 Å². The third kappa shape index (κ3) is 2.72. The SMILES string of the molecule is BC(B)=Cc1cccc(F)c1B1OC(C)(C)C(C)(C)O1. The number of benzene rings is 1. The Labute approximate surface area is 122 Å². The molecular formula is C14H20B3FO2. The minimum Gasteiger partial charge on any atom is -0.399 e. The maximum atomic E-state index is 14.3. The molecule has 2 nitrogen and oxygen atoms in total. The predicted molar refractivity (Wildman–Crippen MR) is 87.2 cm³/mol. The molecule has 0 atom stereocenters. The van der Waals surface area contributed by atoms with Crippen LogP contribution in [0.4, 0.5) is 4.39 Å². The summed E-state index contributed by atoms with van der Waals surface area (Å²) in [5.41, 5.74) is 0.348. The second kappa shape index (κ2) is 5.08. The zero-order valence-corrected chi connectivity index (χ0v) is 13.1. The van der Waals surface area contributed by atoms with Gasteiger partial charge in [-0.1, -0.05) is 18.2 Å². The first-order valence-corrected chi connectivity index (χ1v) is 6.93. The molecule has 2 rings (SSSR count). The summed E-state index contributed by atoms with van der Waals surface area (Å²) >= 11 is 0. The van der Waals surface area contributed by atoms with Gasteiger partial charge in [0, 0.05) is 5.46 Å². The van der Waals surface area contributed by atoms with Gasteiger partial charge in [-0.3, -0.25) is 0 Å². The van der Waals surface area contributed by atoms with E-state index in [4.69, 9.17) is 9.31 Å². The molecule has 0 spiro atoms. The molecule has 104 valence electrons. The molecule has 0 radical (unpaired) electrons. The summed E-state index contributed by atoms with van der Waals surface area (Å²) in [5.74, 6) is -0.293. The molecule has 1 saturated heterocycles. The van der Waals surface area contributed by atoms with E-state index in [1.807, 2.05) is 55.5 Å². The highest BCUT2D eigenvalue weighted by Crippen LogP contribution is 2.37. The fourth-order valence-electron chi connectivity index (χ4n) is 2.20. The molecule has 1 aliphatic rings. The fourth-order valence-corrected chi connectivity index (χ4v) is 2.20. The highest BCUT2D eigenvalue weighted by Gasteiger charge is 2.52. The van der Waals surface area contributed by atoms with Crippen LogP contribution in [0.15, 0.2) is 23.6 Å². The number of hydrogen-bond acceptors (Lipinski definition) is 2. The molecule has 1 fully saturated rings.